The van der Waals surface area contributed by atoms with Gasteiger partial charge in [-0.1, -0.05) is 23.2 Å². The number of hydrogen-bond donors (Lipinski definition) is 1. The van der Waals surface area contributed by atoms with Crippen LogP contribution in [-0.4, -0.2) is 39.7 Å². The third-order valence-electron chi connectivity index (χ3n) is 2.75. The number of aromatic amines is 1. The van der Waals surface area contributed by atoms with Gasteiger partial charge in [-0.15, -0.1) is 35.6 Å². The lowest BCUT2D eigenvalue weighted by molar-refractivity contribution is 0.293. The van der Waals surface area contributed by atoms with Gasteiger partial charge in [-0.25, -0.2) is 4.98 Å². The number of nitrogens with one attached hydrogen (secondary N) is 1. The summed E-state index contributed by atoms with van der Waals surface area (Å²) in [6, 6.07) is 3.54. The molecule has 1 aromatic heterocycles. The molecule has 0 aliphatic rings. The van der Waals surface area contributed by atoms with Crippen LogP contribution in [-0.2, 0) is 6.54 Å². The zero-order chi connectivity index (χ0) is 13.8. The Bertz CT molecular complexity index is 512. The first-order valence-electron chi connectivity index (χ1n) is 5.82. The lowest BCUT2D eigenvalue weighted by atomic mass is 10.3. The van der Waals surface area contributed by atoms with E-state index in [0.29, 0.717) is 28.4 Å². The molecule has 112 valence electrons. The molecule has 0 atom stereocenters. The number of alkyl halides is 2. The number of rotatable bonds is 6. The summed E-state index contributed by atoms with van der Waals surface area (Å²) in [7, 11) is 0. The van der Waals surface area contributed by atoms with Crippen LogP contribution in [0.1, 0.15) is 5.82 Å². The highest BCUT2D eigenvalue weighted by atomic mass is 35.5. The minimum absolute atomic E-state index is 0. The van der Waals surface area contributed by atoms with Gasteiger partial charge in [-0.2, -0.15) is 0 Å². The Morgan fingerprint density at radius 2 is 1.65 bits per heavy atom. The summed E-state index contributed by atoms with van der Waals surface area (Å²) in [6.45, 7) is 2.21. The van der Waals surface area contributed by atoms with Crippen LogP contribution < -0.4 is 0 Å². The van der Waals surface area contributed by atoms with Gasteiger partial charge in [0.15, 0.2) is 0 Å². The monoisotopic (exact) mass is 375 g/mol. The predicted octanol–water partition coefficient (Wildman–Crippen LogP) is 4.57. The molecule has 0 bridgehead atoms. The van der Waals surface area contributed by atoms with E-state index in [9.17, 15) is 0 Å². The van der Waals surface area contributed by atoms with Crippen molar-refractivity contribution in [3.05, 3.63) is 28.0 Å². The van der Waals surface area contributed by atoms with Crippen LogP contribution in [0.4, 0.5) is 0 Å². The minimum Gasteiger partial charge on any atom is -0.341 e. The zero-order valence-corrected chi connectivity index (χ0v) is 14.3. The second-order valence-corrected chi connectivity index (χ2v) is 5.69. The Morgan fingerprint density at radius 1 is 1.05 bits per heavy atom. The molecular formula is C12H14Cl5N3. The molecular weight excluding hydrogens is 363 g/mol. The molecule has 2 aromatic rings. The number of aromatic nitrogens is 2. The molecule has 0 saturated carbocycles. The van der Waals surface area contributed by atoms with Crippen LogP contribution in [0.2, 0.25) is 10.0 Å². The SMILES string of the molecule is Cl.ClCCN(CCCl)Cc1nc2cc(Cl)c(Cl)cc2[nH]1. The number of halogens is 5. The molecule has 1 aromatic carbocycles. The van der Waals surface area contributed by atoms with Gasteiger partial charge in [-0.3, -0.25) is 4.90 Å². The van der Waals surface area contributed by atoms with E-state index >= 15 is 0 Å². The number of benzene rings is 1. The highest BCUT2D eigenvalue weighted by Crippen LogP contribution is 2.26. The van der Waals surface area contributed by atoms with Gasteiger partial charge in [0.25, 0.3) is 0 Å². The summed E-state index contributed by atoms with van der Waals surface area (Å²) in [6.07, 6.45) is 0. The van der Waals surface area contributed by atoms with Crippen molar-refractivity contribution in [3.63, 3.8) is 0 Å². The van der Waals surface area contributed by atoms with Crippen LogP contribution in [0.3, 0.4) is 0 Å². The van der Waals surface area contributed by atoms with E-state index < -0.39 is 0 Å². The van der Waals surface area contributed by atoms with Gasteiger partial charge < -0.3 is 4.98 Å². The average Bonchev–Trinajstić information content (AvgIpc) is 2.72. The summed E-state index contributed by atoms with van der Waals surface area (Å²) < 4.78 is 0. The second-order valence-electron chi connectivity index (χ2n) is 4.12. The van der Waals surface area contributed by atoms with Crippen LogP contribution in [0, 0.1) is 0 Å². The van der Waals surface area contributed by atoms with Gasteiger partial charge in [-0.05, 0) is 12.1 Å². The fourth-order valence-electron chi connectivity index (χ4n) is 1.85. The van der Waals surface area contributed by atoms with Gasteiger partial charge in [0.1, 0.15) is 5.82 Å². The normalized spacial score (nSPS) is 11.1. The first-order chi connectivity index (χ1) is 9.13. The van der Waals surface area contributed by atoms with Crippen molar-refractivity contribution in [1.29, 1.82) is 0 Å². The van der Waals surface area contributed by atoms with Crippen LogP contribution in [0.5, 0.6) is 0 Å². The molecule has 0 amide bonds. The van der Waals surface area contributed by atoms with Gasteiger partial charge in [0, 0.05) is 24.8 Å². The molecule has 0 aliphatic heterocycles. The highest BCUT2D eigenvalue weighted by Gasteiger charge is 2.10. The van der Waals surface area contributed by atoms with Crippen molar-refractivity contribution in [2.24, 2.45) is 0 Å². The smallest absolute Gasteiger partial charge is 0.121 e. The minimum atomic E-state index is 0. The number of H-pyrrole nitrogens is 1. The standard InChI is InChI=1S/C12H13Cl4N3.ClH/c13-1-3-19(4-2-14)7-12-17-10-5-8(15)9(16)6-11(10)18-12;/h5-6H,1-4,7H2,(H,17,18);1H. The number of imidazole rings is 1. The third-order valence-corrected chi connectivity index (χ3v) is 3.81. The van der Waals surface area contributed by atoms with E-state index in [1.54, 1.807) is 12.1 Å². The molecule has 0 fully saturated rings. The predicted molar refractivity (Wildman–Crippen MR) is 90.1 cm³/mol. The van der Waals surface area contributed by atoms with Crippen molar-refractivity contribution in [3.8, 4) is 0 Å². The average molecular weight is 378 g/mol. The Kier molecular flexibility index (Phi) is 7.73. The summed E-state index contributed by atoms with van der Waals surface area (Å²) in [5.74, 6) is 1.98. The summed E-state index contributed by atoms with van der Waals surface area (Å²) in [4.78, 5) is 9.86. The van der Waals surface area contributed by atoms with Gasteiger partial charge in [0.2, 0.25) is 0 Å². The molecule has 3 nitrogen and oxygen atoms in total. The van der Waals surface area contributed by atoms with Crippen molar-refractivity contribution in [2.75, 3.05) is 24.8 Å². The first-order valence-corrected chi connectivity index (χ1v) is 7.64. The lowest BCUT2D eigenvalue weighted by Gasteiger charge is -2.18. The largest absolute Gasteiger partial charge is 0.341 e. The summed E-state index contributed by atoms with van der Waals surface area (Å²) >= 11 is 23.5. The van der Waals surface area contributed by atoms with Crippen LogP contribution in [0.15, 0.2) is 12.1 Å². The molecule has 1 N–H and O–H groups in total. The van der Waals surface area contributed by atoms with E-state index in [1.807, 2.05) is 0 Å². The highest BCUT2D eigenvalue weighted by molar-refractivity contribution is 6.42. The fourth-order valence-corrected chi connectivity index (χ4v) is 2.65. The molecule has 0 radical (unpaired) electrons. The molecule has 8 heteroatoms. The Hall–Kier alpha value is 0.1000. The fraction of sp³-hybridized carbons (Fsp3) is 0.417. The van der Waals surface area contributed by atoms with Gasteiger partial charge >= 0.3 is 0 Å². The summed E-state index contributed by atoms with van der Waals surface area (Å²) in [5.41, 5.74) is 1.68. The number of nitrogens with zero attached hydrogens (tertiary/aromatic N) is 2. The molecule has 0 aliphatic carbocycles. The zero-order valence-electron chi connectivity index (χ0n) is 10.5. The van der Waals surface area contributed by atoms with Crippen LogP contribution >= 0.6 is 58.8 Å². The number of fused-ring (bicyclic) bond motifs is 1. The molecule has 1 heterocycles. The molecule has 20 heavy (non-hydrogen) atoms. The molecule has 2 rings (SSSR count). The van der Waals surface area contributed by atoms with Crippen molar-refractivity contribution in [2.45, 2.75) is 6.54 Å². The Morgan fingerprint density at radius 3 is 2.25 bits per heavy atom. The topological polar surface area (TPSA) is 31.9 Å². The quantitative estimate of drug-likeness (QED) is 0.748. The number of hydrogen-bond acceptors (Lipinski definition) is 2. The maximum Gasteiger partial charge on any atom is 0.121 e. The van der Waals surface area contributed by atoms with Crippen LogP contribution in [0.25, 0.3) is 11.0 Å². The van der Waals surface area contributed by atoms with Crippen molar-refractivity contribution < 1.29 is 0 Å². The maximum absolute atomic E-state index is 5.98. The Balaban J connectivity index is 0.00000200. The van der Waals surface area contributed by atoms with Gasteiger partial charge in [0.05, 0.1) is 27.6 Å². The first kappa shape index (κ1) is 18.1. The second kappa shape index (κ2) is 8.52. The molecule has 0 spiro atoms. The lowest BCUT2D eigenvalue weighted by Crippen LogP contribution is -2.27. The molecule has 0 saturated heterocycles. The summed E-state index contributed by atoms with van der Waals surface area (Å²) in [5, 5.41) is 1.02. The van der Waals surface area contributed by atoms with E-state index in [4.69, 9.17) is 46.4 Å². The maximum atomic E-state index is 5.98. The van der Waals surface area contributed by atoms with Crippen molar-refractivity contribution in [1.82, 2.24) is 14.9 Å². The Labute approximate surface area is 143 Å². The van der Waals surface area contributed by atoms with E-state index in [-0.39, 0.29) is 12.4 Å². The van der Waals surface area contributed by atoms with E-state index in [0.717, 1.165) is 29.9 Å². The molecule has 0 unspecified atom stereocenters. The third kappa shape index (κ3) is 4.55. The van der Waals surface area contributed by atoms with E-state index in [2.05, 4.69) is 14.9 Å². The van der Waals surface area contributed by atoms with E-state index in [1.165, 1.54) is 0 Å². The van der Waals surface area contributed by atoms with Crippen molar-refractivity contribution >= 4 is 69.8 Å².